The van der Waals surface area contributed by atoms with Crippen LogP contribution >= 0.6 is 0 Å². The van der Waals surface area contributed by atoms with E-state index >= 15 is 0 Å². The number of aliphatic hydroxyl groups is 1. The van der Waals surface area contributed by atoms with Crippen LogP contribution in [-0.4, -0.2) is 71.8 Å². The number of amides is 2. The summed E-state index contributed by atoms with van der Waals surface area (Å²) < 4.78 is 0. The zero-order valence-electron chi connectivity index (χ0n) is 11.8. The molecular weight excluding hydrogens is 260 g/mol. The van der Waals surface area contributed by atoms with E-state index in [1.54, 1.807) is 4.90 Å². The molecule has 0 bridgehead atoms. The molecular formula is C13H22N4O3. The predicted molar refractivity (Wildman–Crippen MR) is 74.1 cm³/mol. The lowest BCUT2D eigenvalue weighted by molar-refractivity contribution is -0.128. The first-order valence-corrected chi connectivity index (χ1v) is 7.07. The minimum Gasteiger partial charge on any atom is -0.395 e. The molecule has 0 saturated carbocycles. The number of carbonyl (C=O) groups excluding carboxylic acids is 2. The van der Waals surface area contributed by atoms with Gasteiger partial charge in [0.25, 0.3) is 5.91 Å². The monoisotopic (exact) mass is 282 g/mol. The third-order valence-electron chi connectivity index (χ3n) is 3.88. The van der Waals surface area contributed by atoms with Gasteiger partial charge in [0.2, 0.25) is 5.91 Å². The molecule has 20 heavy (non-hydrogen) atoms. The number of hydrazone groups is 1. The summed E-state index contributed by atoms with van der Waals surface area (Å²) >= 11 is 0. The highest BCUT2D eigenvalue weighted by atomic mass is 16.3. The SMILES string of the molecule is CN1CCC(N(CCO)C(=O)C2=NNC(=O)CC2)CC1. The fourth-order valence-corrected chi connectivity index (χ4v) is 2.66. The molecule has 2 heterocycles. The number of hydrogen-bond acceptors (Lipinski definition) is 5. The lowest BCUT2D eigenvalue weighted by Gasteiger charge is -2.37. The van der Waals surface area contributed by atoms with Gasteiger partial charge in [0.05, 0.1) is 6.61 Å². The molecule has 0 spiro atoms. The number of nitrogens with one attached hydrogen (secondary N) is 1. The fraction of sp³-hybridized carbons (Fsp3) is 0.769. The van der Waals surface area contributed by atoms with Gasteiger partial charge in [-0.05, 0) is 33.0 Å². The molecule has 0 unspecified atom stereocenters. The third-order valence-corrected chi connectivity index (χ3v) is 3.88. The fourth-order valence-electron chi connectivity index (χ4n) is 2.66. The maximum Gasteiger partial charge on any atom is 0.270 e. The average molecular weight is 282 g/mol. The third kappa shape index (κ3) is 3.55. The lowest BCUT2D eigenvalue weighted by Crippen LogP contribution is -2.50. The maximum absolute atomic E-state index is 12.5. The first kappa shape index (κ1) is 14.9. The van der Waals surface area contributed by atoms with Crippen LogP contribution in [0.2, 0.25) is 0 Å². The standard InChI is InChI=1S/C13H22N4O3/c1-16-6-4-10(5-7-16)17(8-9-18)13(20)11-2-3-12(19)15-14-11/h10,18H,2-9H2,1H3,(H,15,19). The molecule has 0 aromatic rings. The van der Waals surface area contributed by atoms with E-state index in [2.05, 4.69) is 22.5 Å². The van der Waals surface area contributed by atoms with Crippen molar-refractivity contribution in [1.82, 2.24) is 15.2 Å². The van der Waals surface area contributed by atoms with E-state index < -0.39 is 0 Å². The van der Waals surface area contributed by atoms with Crippen LogP contribution < -0.4 is 5.43 Å². The minimum atomic E-state index is -0.159. The number of aliphatic hydroxyl groups excluding tert-OH is 1. The number of likely N-dealkylation sites (tertiary alicyclic amines) is 1. The molecule has 0 aliphatic carbocycles. The minimum absolute atomic E-state index is 0.0578. The lowest BCUT2D eigenvalue weighted by atomic mass is 10.0. The summed E-state index contributed by atoms with van der Waals surface area (Å²) in [5.41, 5.74) is 2.74. The van der Waals surface area contributed by atoms with Gasteiger partial charge in [0.15, 0.2) is 0 Å². The van der Waals surface area contributed by atoms with E-state index in [-0.39, 0.29) is 24.5 Å². The summed E-state index contributed by atoms with van der Waals surface area (Å²) in [5, 5.41) is 13.1. The maximum atomic E-state index is 12.5. The van der Waals surface area contributed by atoms with Crippen LogP contribution in [0, 0.1) is 0 Å². The molecule has 112 valence electrons. The number of carbonyl (C=O) groups is 2. The highest BCUT2D eigenvalue weighted by Crippen LogP contribution is 2.17. The van der Waals surface area contributed by atoms with Crippen molar-refractivity contribution in [2.45, 2.75) is 31.7 Å². The smallest absolute Gasteiger partial charge is 0.270 e. The van der Waals surface area contributed by atoms with Crippen molar-refractivity contribution in [3.8, 4) is 0 Å². The second kappa shape index (κ2) is 6.81. The Balaban J connectivity index is 2.04. The van der Waals surface area contributed by atoms with Gasteiger partial charge in [0, 0.05) is 25.4 Å². The molecule has 1 fully saturated rings. The van der Waals surface area contributed by atoms with Gasteiger partial charge < -0.3 is 14.9 Å². The highest BCUT2D eigenvalue weighted by molar-refractivity contribution is 6.39. The molecule has 7 heteroatoms. The predicted octanol–water partition coefficient (Wildman–Crippen LogP) is -0.832. The summed E-state index contributed by atoms with van der Waals surface area (Å²) in [5.74, 6) is -0.317. The molecule has 2 rings (SSSR count). The van der Waals surface area contributed by atoms with Crippen LogP contribution in [0.1, 0.15) is 25.7 Å². The molecule has 0 atom stereocenters. The van der Waals surface area contributed by atoms with Gasteiger partial charge in [-0.3, -0.25) is 9.59 Å². The Bertz CT molecular complexity index is 402. The molecule has 2 aliphatic heterocycles. The van der Waals surface area contributed by atoms with E-state index in [4.69, 9.17) is 0 Å². The molecule has 0 radical (unpaired) electrons. The summed E-state index contributed by atoms with van der Waals surface area (Å²) in [4.78, 5) is 27.5. The Morgan fingerprint density at radius 2 is 2.15 bits per heavy atom. The van der Waals surface area contributed by atoms with Crippen LogP contribution in [0.25, 0.3) is 0 Å². The molecule has 0 aromatic carbocycles. The van der Waals surface area contributed by atoms with Gasteiger partial charge in [-0.2, -0.15) is 5.10 Å². The molecule has 2 amide bonds. The van der Waals surface area contributed by atoms with Crippen LogP contribution in [0.4, 0.5) is 0 Å². The van der Waals surface area contributed by atoms with Crippen molar-refractivity contribution in [3.05, 3.63) is 0 Å². The second-order valence-electron chi connectivity index (χ2n) is 5.35. The van der Waals surface area contributed by atoms with Crippen LogP contribution in [0.15, 0.2) is 5.10 Å². The van der Waals surface area contributed by atoms with E-state index in [0.29, 0.717) is 25.1 Å². The average Bonchev–Trinajstić information content (AvgIpc) is 2.46. The Morgan fingerprint density at radius 3 is 2.70 bits per heavy atom. The first-order valence-electron chi connectivity index (χ1n) is 7.07. The van der Waals surface area contributed by atoms with Gasteiger partial charge in [0.1, 0.15) is 5.71 Å². The number of rotatable bonds is 4. The van der Waals surface area contributed by atoms with E-state index in [0.717, 1.165) is 25.9 Å². The summed E-state index contributed by atoms with van der Waals surface area (Å²) in [6.45, 7) is 2.16. The first-order chi connectivity index (χ1) is 9.61. The van der Waals surface area contributed by atoms with Gasteiger partial charge in [-0.15, -0.1) is 0 Å². The van der Waals surface area contributed by atoms with Gasteiger partial charge in [-0.25, -0.2) is 5.43 Å². The van der Waals surface area contributed by atoms with Gasteiger partial charge >= 0.3 is 0 Å². The Kier molecular flexibility index (Phi) is 5.08. The summed E-state index contributed by atoms with van der Waals surface area (Å²) in [6, 6.07) is 0.145. The molecule has 0 aromatic heterocycles. The zero-order valence-corrected chi connectivity index (χ0v) is 11.8. The summed E-state index contributed by atoms with van der Waals surface area (Å²) in [6.07, 6.45) is 2.48. The van der Waals surface area contributed by atoms with E-state index in [1.165, 1.54) is 0 Å². The highest BCUT2D eigenvalue weighted by Gasteiger charge is 2.30. The molecule has 7 nitrogen and oxygen atoms in total. The molecule has 2 aliphatic rings. The van der Waals surface area contributed by atoms with Crippen molar-refractivity contribution in [2.75, 3.05) is 33.3 Å². The van der Waals surface area contributed by atoms with Crippen molar-refractivity contribution in [2.24, 2.45) is 5.10 Å². The van der Waals surface area contributed by atoms with Crippen molar-refractivity contribution >= 4 is 17.5 Å². The summed E-state index contributed by atoms with van der Waals surface area (Å²) in [7, 11) is 2.06. The van der Waals surface area contributed by atoms with Crippen molar-refractivity contribution in [1.29, 1.82) is 0 Å². The Morgan fingerprint density at radius 1 is 1.45 bits per heavy atom. The Hall–Kier alpha value is -1.47. The van der Waals surface area contributed by atoms with Crippen LogP contribution in [-0.2, 0) is 9.59 Å². The van der Waals surface area contributed by atoms with E-state index in [9.17, 15) is 14.7 Å². The number of piperidine rings is 1. The quantitative estimate of drug-likeness (QED) is 0.704. The topological polar surface area (TPSA) is 85.2 Å². The molecule has 1 saturated heterocycles. The second-order valence-corrected chi connectivity index (χ2v) is 5.35. The number of hydrogen-bond donors (Lipinski definition) is 2. The number of nitrogens with zero attached hydrogens (tertiary/aromatic N) is 3. The normalized spacial score (nSPS) is 21.3. The van der Waals surface area contributed by atoms with E-state index in [1.807, 2.05) is 0 Å². The van der Waals surface area contributed by atoms with Crippen LogP contribution in [0.5, 0.6) is 0 Å². The van der Waals surface area contributed by atoms with Crippen molar-refractivity contribution in [3.63, 3.8) is 0 Å². The largest absolute Gasteiger partial charge is 0.395 e. The Labute approximate surface area is 118 Å². The van der Waals surface area contributed by atoms with Gasteiger partial charge in [-0.1, -0.05) is 0 Å². The molecule has 2 N–H and O–H groups in total. The van der Waals surface area contributed by atoms with Crippen LogP contribution in [0.3, 0.4) is 0 Å². The van der Waals surface area contributed by atoms with Crippen molar-refractivity contribution < 1.29 is 14.7 Å². The zero-order chi connectivity index (χ0) is 14.5.